The van der Waals surface area contributed by atoms with Crippen molar-refractivity contribution in [3.8, 4) is 16.8 Å². The predicted molar refractivity (Wildman–Crippen MR) is 158 cm³/mol. The van der Waals surface area contributed by atoms with E-state index in [1.165, 1.54) is 55.0 Å². The van der Waals surface area contributed by atoms with Gasteiger partial charge in [-0.2, -0.15) is 0 Å². The fraction of sp³-hybridized carbons (Fsp3) is 0.0588. The van der Waals surface area contributed by atoms with E-state index < -0.39 is 7.26 Å². The molecule has 0 amide bonds. The first-order valence-corrected chi connectivity index (χ1v) is 14.9. The van der Waals surface area contributed by atoms with Gasteiger partial charge in [0.2, 0.25) is 0 Å². The maximum absolute atomic E-state index is 2.50. The van der Waals surface area contributed by atoms with E-state index in [1.54, 1.807) is 21.2 Å². The molecule has 1 aliphatic carbocycles. The van der Waals surface area contributed by atoms with Crippen LogP contribution in [0.3, 0.4) is 0 Å². The van der Waals surface area contributed by atoms with E-state index in [2.05, 4.69) is 121 Å². The zero-order valence-corrected chi connectivity index (χ0v) is 21.0. The number of aryl methyl sites for hydroxylation is 1. The third-order valence-corrected chi connectivity index (χ3v) is 14.2. The van der Waals surface area contributed by atoms with Gasteiger partial charge < -0.3 is 0 Å². The Hall–Kier alpha value is -3.93. The van der Waals surface area contributed by atoms with E-state index in [-0.39, 0.29) is 0 Å². The van der Waals surface area contributed by atoms with Crippen molar-refractivity contribution in [1.82, 2.24) is 4.57 Å². The van der Waals surface area contributed by atoms with Crippen molar-refractivity contribution in [1.29, 1.82) is 0 Å². The number of benzene rings is 5. The Kier molecular flexibility index (Phi) is 3.45. The summed E-state index contributed by atoms with van der Waals surface area (Å²) in [5.74, 6) is 0. The second-order valence-corrected chi connectivity index (χ2v) is 14.2. The Labute approximate surface area is 210 Å². The van der Waals surface area contributed by atoms with Gasteiger partial charge in [-0.25, -0.2) is 0 Å². The van der Waals surface area contributed by atoms with Crippen molar-refractivity contribution in [2.75, 3.05) is 0 Å². The van der Waals surface area contributed by atoms with Crippen molar-refractivity contribution in [2.24, 2.45) is 0 Å². The quantitative estimate of drug-likeness (QED) is 0.229. The number of rotatable bonds is 2. The fourth-order valence-electron chi connectivity index (χ4n) is 7.72. The first kappa shape index (κ1) is 19.3. The number of nitrogens with zero attached hydrogens (tertiary/aromatic N) is 1. The predicted octanol–water partition coefficient (Wildman–Crippen LogP) is 7.41. The molecule has 0 saturated carbocycles. The zero-order chi connectivity index (χ0) is 23.6. The Morgan fingerprint density at radius 2 is 1.44 bits per heavy atom. The maximum atomic E-state index is 2.50. The first-order chi connectivity index (χ1) is 17.8. The molecule has 1 aromatic heterocycles. The van der Waals surface area contributed by atoms with Crippen LogP contribution >= 0.6 is 7.26 Å². The van der Waals surface area contributed by atoms with Crippen molar-refractivity contribution in [3.63, 3.8) is 0 Å². The molecule has 0 saturated heterocycles. The summed E-state index contributed by atoms with van der Waals surface area (Å²) in [4.78, 5) is 0. The summed E-state index contributed by atoms with van der Waals surface area (Å²) in [6.45, 7) is 2.35. The summed E-state index contributed by atoms with van der Waals surface area (Å²) in [6.07, 6.45) is 8.16. The molecule has 0 atom stereocenters. The molecule has 2 aliphatic heterocycles. The molecule has 0 bridgehead atoms. The third-order valence-electron chi connectivity index (χ3n) is 8.93. The number of aromatic nitrogens is 1. The normalized spacial score (nSPS) is 17.0. The van der Waals surface area contributed by atoms with Gasteiger partial charge in [0.25, 0.3) is 0 Å². The molecule has 0 unspecified atom stereocenters. The van der Waals surface area contributed by atoms with Crippen LogP contribution < -0.4 is 15.9 Å². The zero-order valence-electron chi connectivity index (χ0n) is 20.0. The Balaban J connectivity index is 1.63. The molecule has 3 heterocycles. The van der Waals surface area contributed by atoms with Crippen LogP contribution in [0.4, 0.5) is 0 Å². The molecule has 0 radical (unpaired) electrons. The average molecular weight is 478 g/mol. The van der Waals surface area contributed by atoms with E-state index >= 15 is 0 Å². The van der Waals surface area contributed by atoms with E-state index in [0.717, 1.165) is 6.42 Å². The van der Waals surface area contributed by atoms with Crippen LogP contribution in [0.25, 0.3) is 49.4 Å². The van der Waals surface area contributed by atoms with E-state index in [0.29, 0.717) is 0 Å². The summed E-state index contributed by atoms with van der Waals surface area (Å²) in [5, 5.41) is 12.3. The number of hydrogen-bond donors (Lipinski definition) is 0. The number of para-hydroxylation sites is 1. The molecule has 5 aromatic carbocycles. The summed E-state index contributed by atoms with van der Waals surface area (Å²) in [5.41, 5.74) is 8.23. The van der Waals surface area contributed by atoms with E-state index in [1.807, 2.05) is 0 Å². The number of fused-ring (bicyclic) bond motifs is 4. The molecule has 0 N–H and O–H groups in total. The molecular weight excluding hydrogens is 453 g/mol. The molecule has 3 aliphatic rings. The SMILES string of the molecule is Cc1ccc2c3c1[PH]1(C4=CC=CC4)c4ccccc4-c4ccc5ccc(c3c5c41)n2-c1ccccc1. The number of allylic oxidation sites excluding steroid dienone is 4. The second-order valence-electron chi connectivity index (χ2n) is 10.5. The molecule has 6 aromatic rings. The topological polar surface area (TPSA) is 4.93 Å². The monoisotopic (exact) mass is 477 g/mol. The standard InChI is InChI=1S/C34H24NP/c1-21-15-19-28-32-31-27(35(28)23-9-3-2-4-10-23)20-17-22-16-18-26-25-13-7-8-14-29(25)36(33(21)32,34(26)30(22)31)24-11-5-6-12-24/h2-11,13-20,36H,12H2,1H3. The second kappa shape index (κ2) is 6.44. The van der Waals surface area contributed by atoms with Crippen molar-refractivity contribution < 1.29 is 0 Å². The summed E-state index contributed by atoms with van der Waals surface area (Å²) >= 11 is 0. The fourth-order valence-corrected chi connectivity index (χ4v) is 13.8. The van der Waals surface area contributed by atoms with Crippen LogP contribution in [0, 0.1) is 6.92 Å². The molecule has 2 heteroatoms. The van der Waals surface area contributed by atoms with Crippen LogP contribution in [-0.4, -0.2) is 4.57 Å². The third kappa shape index (κ3) is 1.99. The van der Waals surface area contributed by atoms with Gasteiger partial charge >= 0.3 is 211 Å². The van der Waals surface area contributed by atoms with Crippen molar-refractivity contribution in [2.45, 2.75) is 13.3 Å². The average Bonchev–Trinajstić information content (AvgIpc) is 3.64. The Morgan fingerprint density at radius 3 is 2.31 bits per heavy atom. The van der Waals surface area contributed by atoms with E-state index in [4.69, 9.17) is 0 Å². The van der Waals surface area contributed by atoms with E-state index in [9.17, 15) is 0 Å². The minimum atomic E-state index is -2.42. The van der Waals surface area contributed by atoms with Gasteiger partial charge in [-0.05, 0) is 0 Å². The Bertz CT molecular complexity index is 2020. The molecule has 1 nitrogen and oxygen atoms in total. The van der Waals surface area contributed by atoms with Crippen LogP contribution in [0.2, 0.25) is 0 Å². The van der Waals surface area contributed by atoms with Crippen LogP contribution in [0.5, 0.6) is 0 Å². The summed E-state index contributed by atoms with van der Waals surface area (Å²) < 4.78 is 2.50. The van der Waals surface area contributed by atoms with Crippen molar-refractivity contribution >= 4 is 55.8 Å². The van der Waals surface area contributed by atoms with Gasteiger partial charge in [-0.3, -0.25) is 0 Å². The van der Waals surface area contributed by atoms with Gasteiger partial charge in [-0.1, -0.05) is 0 Å². The van der Waals surface area contributed by atoms with Gasteiger partial charge in [0.05, 0.1) is 0 Å². The number of hydrogen-bond acceptors (Lipinski definition) is 0. The van der Waals surface area contributed by atoms with Crippen LogP contribution in [0.1, 0.15) is 12.0 Å². The Morgan fingerprint density at radius 1 is 0.667 bits per heavy atom. The van der Waals surface area contributed by atoms with Gasteiger partial charge in [-0.15, -0.1) is 0 Å². The van der Waals surface area contributed by atoms with Crippen LogP contribution in [0.15, 0.2) is 115 Å². The summed E-state index contributed by atoms with van der Waals surface area (Å²) in [6, 6.07) is 34.4. The molecule has 9 rings (SSSR count). The van der Waals surface area contributed by atoms with Crippen LogP contribution in [-0.2, 0) is 0 Å². The van der Waals surface area contributed by atoms with Crippen molar-refractivity contribution in [3.05, 3.63) is 120 Å². The van der Waals surface area contributed by atoms with Gasteiger partial charge in [0.15, 0.2) is 0 Å². The molecular formula is C34H24NP. The molecule has 170 valence electrons. The molecule has 0 fully saturated rings. The molecule has 0 spiro atoms. The van der Waals surface area contributed by atoms with Gasteiger partial charge in [0, 0.05) is 0 Å². The molecule has 36 heavy (non-hydrogen) atoms. The summed E-state index contributed by atoms with van der Waals surface area (Å²) in [7, 11) is -2.42. The minimum absolute atomic E-state index is 1.05. The van der Waals surface area contributed by atoms with Gasteiger partial charge in [0.1, 0.15) is 0 Å². The first-order valence-electron chi connectivity index (χ1n) is 12.9.